The number of carbonyl (C=O) groups excluding carboxylic acids is 1. The minimum atomic E-state index is -0.503. The molecule has 0 bridgehead atoms. The van der Waals surface area contributed by atoms with Crippen molar-refractivity contribution >= 4 is 28.6 Å². The lowest BCUT2D eigenvalue weighted by Gasteiger charge is -2.02. The first-order valence-electron chi connectivity index (χ1n) is 5.84. The molecule has 7 heteroatoms. The molecule has 0 aliphatic heterocycles. The van der Waals surface area contributed by atoms with E-state index in [2.05, 4.69) is 17.2 Å². The zero-order chi connectivity index (χ0) is 15.2. The lowest BCUT2D eigenvalue weighted by Crippen LogP contribution is -2.10. The first-order valence-corrected chi connectivity index (χ1v) is 6.72. The third-order valence-electron chi connectivity index (χ3n) is 2.49. The minimum Gasteiger partial charge on any atom is -0.384 e. The normalized spacial score (nSPS) is 9.57. The van der Waals surface area contributed by atoms with E-state index in [1.807, 2.05) is 0 Å². The molecule has 1 amide bonds. The zero-order valence-corrected chi connectivity index (χ0v) is 11.5. The first kappa shape index (κ1) is 14.7. The molecule has 1 heterocycles. The fourth-order valence-corrected chi connectivity index (χ4v) is 2.27. The van der Waals surface area contributed by atoms with Crippen LogP contribution in [0.25, 0.3) is 0 Å². The molecule has 0 saturated heterocycles. The Morgan fingerprint density at radius 3 is 2.71 bits per heavy atom. The topological polar surface area (TPSA) is 92.5 Å². The number of amides is 1. The molecule has 0 saturated carbocycles. The Labute approximate surface area is 124 Å². The Morgan fingerprint density at radius 2 is 2.10 bits per heavy atom. The first-order chi connectivity index (χ1) is 10.1. The molecule has 0 radical (unpaired) electrons. The molecule has 0 unspecified atom stereocenters. The molecule has 6 nitrogen and oxygen atoms in total. The lowest BCUT2D eigenvalue weighted by molar-refractivity contribution is -0.384. The molecule has 21 heavy (non-hydrogen) atoms. The number of non-ortho nitro benzene ring substituents is 1. The van der Waals surface area contributed by atoms with Crippen molar-refractivity contribution in [1.29, 1.82) is 0 Å². The monoisotopic (exact) mass is 302 g/mol. The number of nitrogens with one attached hydrogen (secondary N) is 1. The maximum absolute atomic E-state index is 12.0. The van der Waals surface area contributed by atoms with Gasteiger partial charge in [0.25, 0.3) is 11.6 Å². The van der Waals surface area contributed by atoms with E-state index in [0.29, 0.717) is 16.1 Å². The van der Waals surface area contributed by atoms with Gasteiger partial charge in [-0.15, -0.1) is 11.3 Å². The second kappa shape index (κ2) is 6.65. The third kappa shape index (κ3) is 3.89. The van der Waals surface area contributed by atoms with Crippen LogP contribution in [0.5, 0.6) is 0 Å². The Bertz CT molecular complexity index is 725. The summed E-state index contributed by atoms with van der Waals surface area (Å²) in [7, 11) is 0. The van der Waals surface area contributed by atoms with Gasteiger partial charge in [0.1, 0.15) is 6.61 Å². The Balaban J connectivity index is 2.07. The Kier molecular flexibility index (Phi) is 4.66. The molecule has 2 aromatic rings. The van der Waals surface area contributed by atoms with Gasteiger partial charge in [-0.2, -0.15) is 0 Å². The summed E-state index contributed by atoms with van der Waals surface area (Å²) in [5.41, 5.74) is 0.880. The molecule has 0 spiro atoms. The molecule has 1 aromatic carbocycles. The van der Waals surface area contributed by atoms with Crippen LogP contribution < -0.4 is 5.32 Å². The van der Waals surface area contributed by atoms with Crippen molar-refractivity contribution in [3.63, 3.8) is 0 Å². The van der Waals surface area contributed by atoms with Crippen LogP contribution in [0.1, 0.15) is 15.2 Å². The van der Waals surface area contributed by atoms with E-state index in [-0.39, 0.29) is 18.2 Å². The maximum Gasteiger partial charge on any atom is 0.269 e. The third-order valence-corrected chi connectivity index (χ3v) is 3.33. The number of rotatable bonds is 3. The number of hydrogen-bond donors (Lipinski definition) is 2. The van der Waals surface area contributed by atoms with Crippen LogP contribution in [0.2, 0.25) is 0 Å². The average Bonchev–Trinajstić information content (AvgIpc) is 2.94. The number of nitro benzene ring substituents is 1. The van der Waals surface area contributed by atoms with Crippen LogP contribution in [0.4, 0.5) is 11.4 Å². The quantitative estimate of drug-likeness (QED) is 0.516. The van der Waals surface area contributed by atoms with Crippen LogP contribution in [-0.2, 0) is 0 Å². The van der Waals surface area contributed by atoms with Gasteiger partial charge in [-0.25, -0.2) is 0 Å². The summed E-state index contributed by atoms with van der Waals surface area (Å²) >= 11 is 1.30. The van der Waals surface area contributed by atoms with Crippen molar-refractivity contribution in [3.8, 4) is 11.8 Å². The van der Waals surface area contributed by atoms with E-state index in [1.54, 1.807) is 11.4 Å². The summed E-state index contributed by atoms with van der Waals surface area (Å²) in [6.45, 7) is -0.234. The highest BCUT2D eigenvalue weighted by Crippen LogP contribution is 2.18. The van der Waals surface area contributed by atoms with Gasteiger partial charge in [0, 0.05) is 23.2 Å². The summed E-state index contributed by atoms with van der Waals surface area (Å²) in [5.74, 6) is 4.90. The SMILES string of the molecule is O=C(Nc1ccc([N+](=O)[O-])cc1)c1csc(C#CCO)c1. The zero-order valence-electron chi connectivity index (χ0n) is 10.7. The van der Waals surface area contributed by atoms with Gasteiger partial charge >= 0.3 is 0 Å². The highest BCUT2D eigenvalue weighted by molar-refractivity contribution is 7.10. The molecule has 1 aromatic heterocycles. The van der Waals surface area contributed by atoms with Gasteiger partial charge in [-0.3, -0.25) is 14.9 Å². The van der Waals surface area contributed by atoms with Gasteiger partial charge in [0.15, 0.2) is 0 Å². The van der Waals surface area contributed by atoms with E-state index in [1.165, 1.54) is 35.6 Å². The fourth-order valence-electron chi connectivity index (χ4n) is 1.52. The summed E-state index contributed by atoms with van der Waals surface area (Å²) in [4.78, 5) is 22.7. The summed E-state index contributed by atoms with van der Waals surface area (Å²) in [6.07, 6.45) is 0. The Morgan fingerprint density at radius 1 is 1.38 bits per heavy atom. The molecule has 106 valence electrons. The number of hydrogen-bond acceptors (Lipinski definition) is 5. The average molecular weight is 302 g/mol. The number of nitrogens with zero attached hydrogens (tertiary/aromatic N) is 1. The number of aliphatic hydroxyl groups excluding tert-OH is 1. The molecule has 0 fully saturated rings. The summed E-state index contributed by atoms with van der Waals surface area (Å²) < 4.78 is 0. The second-order valence-electron chi connectivity index (χ2n) is 3.92. The Hall–Kier alpha value is -2.69. The predicted molar refractivity (Wildman–Crippen MR) is 79.3 cm³/mol. The highest BCUT2D eigenvalue weighted by Gasteiger charge is 2.10. The number of aliphatic hydroxyl groups is 1. The summed E-state index contributed by atoms with van der Waals surface area (Å²) in [6, 6.07) is 7.20. The van der Waals surface area contributed by atoms with Crippen molar-refractivity contribution in [2.45, 2.75) is 0 Å². The number of thiophene rings is 1. The molecule has 0 aliphatic rings. The van der Waals surface area contributed by atoms with E-state index in [4.69, 9.17) is 5.11 Å². The molecular formula is C14H10N2O4S. The molecule has 0 aliphatic carbocycles. The number of carbonyl (C=O) groups is 1. The van der Waals surface area contributed by atoms with Crippen LogP contribution in [-0.4, -0.2) is 22.5 Å². The van der Waals surface area contributed by atoms with E-state index >= 15 is 0 Å². The van der Waals surface area contributed by atoms with Crippen LogP contribution in [0.3, 0.4) is 0 Å². The van der Waals surface area contributed by atoms with Gasteiger partial charge in [0.05, 0.1) is 15.4 Å². The van der Waals surface area contributed by atoms with Gasteiger partial charge in [-0.1, -0.05) is 11.8 Å². The van der Waals surface area contributed by atoms with E-state index in [9.17, 15) is 14.9 Å². The second-order valence-corrected chi connectivity index (χ2v) is 4.83. The number of anilines is 1. The van der Waals surface area contributed by atoms with Gasteiger partial charge in [0.2, 0.25) is 0 Å². The molecule has 2 rings (SSSR count). The smallest absolute Gasteiger partial charge is 0.269 e. The number of benzene rings is 1. The van der Waals surface area contributed by atoms with Crippen molar-refractivity contribution in [3.05, 3.63) is 56.3 Å². The standard InChI is InChI=1S/C14H10N2O4S/c17-7-1-2-13-8-10(9-21-13)14(18)15-11-3-5-12(6-4-11)16(19)20/h3-6,8-9,17H,7H2,(H,15,18). The van der Waals surface area contributed by atoms with Crippen LogP contribution >= 0.6 is 11.3 Å². The van der Waals surface area contributed by atoms with Crippen molar-refractivity contribution in [2.24, 2.45) is 0 Å². The maximum atomic E-state index is 12.0. The predicted octanol–water partition coefficient (Wildman–Crippen LogP) is 2.25. The van der Waals surface area contributed by atoms with Gasteiger partial charge < -0.3 is 10.4 Å². The van der Waals surface area contributed by atoms with Crippen molar-refractivity contribution in [1.82, 2.24) is 0 Å². The highest BCUT2D eigenvalue weighted by atomic mass is 32.1. The molecule has 2 N–H and O–H groups in total. The fraction of sp³-hybridized carbons (Fsp3) is 0.0714. The molecule has 0 atom stereocenters. The van der Waals surface area contributed by atoms with Crippen molar-refractivity contribution < 1.29 is 14.8 Å². The molecular weight excluding hydrogens is 292 g/mol. The minimum absolute atomic E-state index is 0.0369. The lowest BCUT2D eigenvalue weighted by atomic mass is 10.2. The number of nitro groups is 1. The summed E-state index contributed by atoms with van der Waals surface area (Å²) in [5, 5.41) is 23.4. The van der Waals surface area contributed by atoms with E-state index < -0.39 is 4.92 Å². The van der Waals surface area contributed by atoms with Crippen molar-refractivity contribution in [2.75, 3.05) is 11.9 Å². The largest absolute Gasteiger partial charge is 0.384 e. The van der Waals surface area contributed by atoms with E-state index in [0.717, 1.165) is 0 Å². The van der Waals surface area contributed by atoms with Crippen LogP contribution in [0.15, 0.2) is 35.7 Å². The van der Waals surface area contributed by atoms with Crippen LogP contribution in [0, 0.1) is 22.0 Å². The van der Waals surface area contributed by atoms with Gasteiger partial charge in [-0.05, 0) is 18.2 Å².